The first-order valence-corrected chi connectivity index (χ1v) is 6.80. The molecule has 1 heterocycles. The Bertz CT molecular complexity index is 251. The van der Waals surface area contributed by atoms with E-state index in [2.05, 4.69) is 44.8 Å². The monoisotopic (exact) mass is 224 g/mol. The van der Waals surface area contributed by atoms with Crippen LogP contribution in [0.1, 0.15) is 47.5 Å². The maximum atomic E-state index is 3.68. The third kappa shape index (κ3) is 2.78. The summed E-state index contributed by atoms with van der Waals surface area (Å²) in [6.45, 7) is 15.5. The second-order valence-corrected chi connectivity index (χ2v) is 7.29. The number of piperazine rings is 1. The molecule has 2 aliphatic rings. The predicted octanol–water partition coefficient (Wildman–Crippen LogP) is 2.49. The molecule has 0 aromatic rings. The van der Waals surface area contributed by atoms with E-state index in [1.807, 2.05) is 0 Å². The van der Waals surface area contributed by atoms with Crippen molar-refractivity contribution in [3.63, 3.8) is 0 Å². The lowest BCUT2D eigenvalue weighted by molar-refractivity contribution is 0.0537. The molecule has 1 atom stereocenters. The third-order valence-corrected chi connectivity index (χ3v) is 4.32. The molecule has 2 rings (SSSR count). The fraction of sp³-hybridized carbons (Fsp3) is 1.00. The van der Waals surface area contributed by atoms with E-state index in [-0.39, 0.29) is 5.54 Å². The Balaban J connectivity index is 2.02. The van der Waals surface area contributed by atoms with Gasteiger partial charge in [-0.2, -0.15) is 0 Å². The highest BCUT2D eigenvalue weighted by molar-refractivity contribution is 4.98. The van der Waals surface area contributed by atoms with Crippen LogP contribution in [-0.4, -0.2) is 36.1 Å². The van der Waals surface area contributed by atoms with Gasteiger partial charge in [0, 0.05) is 31.2 Å². The van der Waals surface area contributed by atoms with Crippen molar-refractivity contribution < 1.29 is 0 Å². The molecule has 94 valence electrons. The highest BCUT2D eigenvalue weighted by Crippen LogP contribution is 2.46. The Labute approximate surface area is 101 Å². The van der Waals surface area contributed by atoms with Gasteiger partial charge < -0.3 is 5.32 Å². The number of nitrogens with one attached hydrogen (secondary N) is 1. The molecular weight excluding hydrogens is 196 g/mol. The lowest BCUT2D eigenvalue weighted by atomic mass is 9.91. The second kappa shape index (κ2) is 3.99. The molecule has 1 aliphatic heterocycles. The van der Waals surface area contributed by atoms with Gasteiger partial charge in [-0.05, 0) is 38.0 Å². The summed E-state index contributed by atoms with van der Waals surface area (Å²) in [5, 5.41) is 3.68. The summed E-state index contributed by atoms with van der Waals surface area (Å²) in [6, 6.07) is 0.727. The van der Waals surface area contributed by atoms with Crippen LogP contribution in [0.5, 0.6) is 0 Å². The number of hydrogen-bond acceptors (Lipinski definition) is 2. The van der Waals surface area contributed by atoms with Gasteiger partial charge in [0.05, 0.1) is 0 Å². The maximum absolute atomic E-state index is 3.68. The number of nitrogens with zero attached hydrogens (tertiary/aromatic N) is 1. The van der Waals surface area contributed by atoms with E-state index < -0.39 is 0 Å². The van der Waals surface area contributed by atoms with Crippen molar-refractivity contribution in [3.8, 4) is 0 Å². The summed E-state index contributed by atoms with van der Waals surface area (Å²) in [5.41, 5.74) is 0.928. The molecule has 0 spiro atoms. The van der Waals surface area contributed by atoms with Crippen LogP contribution in [0, 0.1) is 11.3 Å². The highest BCUT2D eigenvalue weighted by atomic mass is 15.3. The lowest BCUT2D eigenvalue weighted by Gasteiger charge is -2.47. The lowest BCUT2D eigenvalue weighted by Crippen LogP contribution is -2.63. The quantitative estimate of drug-likeness (QED) is 0.792. The SMILES string of the molecule is CC(C)C1CNC(C)(C)CN1CC1(C)CC1. The average Bonchev–Trinajstić information content (AvgIpc) is 2.80. The van der Waals surface area contributed by atoms with Crippen LogP contribution < -0.4 is 5.32 Å². The first kappa shape index (κ1) is 12.4. The third-order valence-electron chi connectivity index (χ3n) is 4.32. The van der Waals surface area contributed by atoms with Crippen LogP contribution in [0.2, 0.25) is 0 Å². The minimum Gasteiger partial charge on any atom is -0.309 e. The van der Waals surface area contributed by atoms with Crippen molar-refractivity contribution in [2.24, 2.45) is 11.3 Å². The zero-order valence-electron chi connectivity index (χ0n) is 11.6. The van der Waals surface area contributed by atoms with Crippen LogP contribution >= 0.6 is 0 Å². The largest absolute Gasteiger partial charge is 0.309 e. The Kier molecular flexibility index (Phi) is 3.09. The molecule has 16 heavy (non-hydrogen) atoms. The molecule has 0 aromatic carbocycles. The van der Waals surface area contributed by atoms with Crippen molar-refractivity contribution in [2.45, 2.75) is 59.0 Å². The van der Waals surface area contributed by atoms with Crippen molar-refractivity contribution in [1.82, 2.24) is 10.2 Å². The molecule has 0 bridgehead atoms. The Hall–Kier alpha value is -0.0800. The van der Waals surface area contributed by atoms with Gasteiger partial charge in [-0.25, -0.2) is 0 Å². The molecule has 0 aromatic heterocycles. The van der Waals surface area contributed by atoms with E-state index in [4.69, 9.17) is 0 Å². The standard InChI is InChI=1S/C14H28N2/c1-11(2)12-8-15-13(3,4)9-16(12)10-14(5)6-7-14/h11-12,15H,6-10H2,1-5H3. The van der Waals surface area contributed by atoms with Crippen LogP contribution in [0.25, 0.3) is 0 Å². The van der Waals surface area contributed by atoms with E-state index in [1.54, 1.807) is 0 Å². The fourth-order valence-electron chi connectivity index (χ4n) is 2.88. The van der Waals surface area contributed by atoms with Crippen LogP contribution in [0.4, 0.5) is 0 Å². The van der Waals surface area contributed by atoms with Crippen molar-refractivity contribution in [3.05, 3.63) is 0 Å². The summed E-state index contributed by atoms with van der Waals surface area (Å²) in [4.78, 5) is 2.74. The number of hydrogen-bond donors (Lipinski definition) is 1. The van der Waals surface area contributed by atoms with Gasteiger partial charge in [0.1, 0.15) is 0 Å². The molecule has 2 nitrogen and oxygen atoms in total. The smallest absolute Gasteiger partial charge is 0.0252 e. The van der Waals surface area contributed by atoms with Crippen molar-refractivity contribution in [2.75, 3.05) is 19.6 Å². The molecule has 2 fully saturated rings. The summed E-state index contributed by atoms with van der Waals surface area (Å²) >= 11 is 0. The van der Waals surface area contributed by atoms with E-state index in [0.717, 1.165) is 18.5 Å². The zero-order chi connectivity index (χ0) is 12.0. The van der Waals surface area contributed by atoms with Crippen LogP contribution in [0.3, 0.4) is 0 Å². The van der Waals surface area contributed by atoms with Gasteiger partial charge in [-0.1, -0.05) is 20.8 Å². The molecule has 0 radical (unpaired) electrons. The van der Waals surface area contributed by atoms with E-state index in [1.165, 1.54) is 25.9 Å². The highest BCUT2D eigenvalue weighted by Gasteiger charge is 2.43. The normalized spacial score (nSPS) is 33.0. The maximum Gasteiger partial charge on any atom is 0.0252 e. The number of rotatable bonds is 3. The summed E-state index contributed by atoms with van der Waals surface area (Å²) in [6.07, 6.45) is 2.87. The zero-order valence-corrected chi connectivity index (χ0v) is 11.6. The molecule has 1 unspecified atom stereocenters. The molecule has 1 saturated heterocycles. The Morgan fingerprint density at radius 1 is 1.25 bits per heavy atom. The van der Waals surface area contributed by atoms with Crippen molar-refractivity contribution >= 4 is 0 Å². The van der Waals surface area contributed by atoms with Crippen molar-refractivity contribution in [1.29, 1.82) is 0 Å². The summed E-state index contributed by atoms with van der Waals surface area (Å²) < 4.78 is 0. The summed E-state index contributed by atoms with van der Waals surface area (Å²) in [5.74, 6) is 0.756. The Morgan fingerprint density at radius 3 is 2.38 bits per heavy atom. The summed E-state index contributed by atoms with van der Waals surface area (Å²) in [7, 11) is 0. The Morgan fingerprint density at radius 2 is 1.88 bits per heavy atom. The van der Waals surface area contributed by atoms with Crippen LogP contribution in [0.15, 0.2) is 0 Å². The van der Waals surface area contributed by atoms with E-state index in [0.29, 0.717) is 5.41 Å². The second-order valence-electron chi connectivity index (χ2n) is 7.29. The molecule has 2 heteroatoms. The molecule has 1 N–H and O–H groups in total. The minimum absolute atomic E-state index is 0.288. The molecule has 1 aliphatic carbocycles. The fourth-order valence-corrected chi connectivity index (χ4v) is 2.88. The van der Waals surface area contributed by atoms with E-state index in [9.17, 15) is 0 Å². The first-order valence-electron chi connectivity index (χ1n) is 6.80. The molecular formula is C14H28N2. The van der Waals surface area contributed by atoms with Gasteiger partial charge in [0.2, 0.25) is 0 Å². The van der Waals surface area contributed by atoms with Gasteiger partial charge in [0.15, 0.2) is 0 Å². The van der Waals surface area contributed by atoms with E-state index >= 15 is 0 Å². The minimum atomic E-state index is 0.288. The first-order chi connectivity index (χ1) is 7.31. The predicted molar refractivity (Wildman–Crippen MR) is 69.6 cm³/mol. The molecule has 0 amide bonds. The molecule has 1 saturated carbocycles. The van der Waals surface area contributed by atoms with Crippen LogP contribution in [-0.2, 0) is 0 Å². The van der Waals surface area contributed by atoms with Gasteiger partial charge in [0.25, 0.3) is 0 Å². The van der Waals surface area contributed by atoms with Gasteiger partial charge >= 0.3 is 0 Å². The van der Waals surface area contributed by atoms with Gasteiger partial charge in [-0.15, -0.1) is 0 Å². The average molecular weight is 224 g/mol. The topological polar surface area (TPSA) is 15.3 Å². The van der Waals surface area contributed by atoms with Gasteiger partial charge in [-0.3, -0.25) is 4.90 Å².